The molecule has 4 rings (SSSR count). The monoisotopic (exact) mass is 708 g/mol. The summed E-state index contributed by atoms with van der Waals surface area (Å²) in [7, 11) is -8.59. The van der Waals surface area contributed by atoms with Crippen molar-refractivity contribution in [3.8, 4) is 0 Å². The topological polar surface area (TPSA) is 66.4 Å². The van der Waals surface area contributed by atoms with Crippen molar-refractivity contribution in [3.63, 3.8) is 0 Å². The summed E-state index contributed by atoms with van der Waals surface area (Å²) in [6.07, 6.45) is -2.28. The van der Waals surface area contributed by atoms with Gasteiger partial charge in [0.1, 0.15) is 30.2 Å². The molecular weight excluding hydrogens is 656 g/mol. The van der Waals surface area contributed by atoms with Crippen molar-refractivity contribution in [1.82, 2.24) is 0 Å². The van der Waals surface area contributed by atoms with Gasteiger partial charge in [-0.25, -0.2) is 4.39 Å². The molecule has 45 heavy (non-hydrogen) atoms. The second kappa shape index (κ2) is 13.5. The summed E-state index contributed by atoms with van der Waals surface area (Å²) in [6, 6.07) is 15.1. The fourth-order valence-corrected chi connectivity index (χ4v) is 10.5. The van der Waals surface area contributed by atoms with Crippen molar-refractivity contribution in [2.45, 2.75) is 115 Å². The van der Waals surface area contributed by atoms with Crippen molar-refractivity contribution < 1.29 is 31.9 Å². The van der Waals surface area contributed by atoms with Crippen LogP contribution in [0.2, 0.25) is 78.6 Å². The van der Waals surface area contributed by atoms with Crippen LogP contribution in [0, 0.1) is 5.82 Å². The molecule has 0 bridgehead atoms. The van der Waals surface area contributed by atoms with Crippen LogP contribution in [0.5, 0.6) is 0 Å². The molecule has 1 unspecified atom stereocenters. The molecule has 1 N–H and O–H groups in total. The standard InChI is InChI=1S/C33H53FO6SSi4/c1-42(2,3)36-22-28-30(38-43(4,5)6)31(39-44(7,8)9)32(40-45(10,11)12)33(35,37-28)25-17-18-27(34)24(19-25)21-26-20-23-15-13-14-16-29(23)41-26/h13-20,28,30-32,35H,21-22H2,1-12H3/t28-,30-,31+,32-,33?/m1/s1. The van der Waals surface area contributed by atoms with Gasteiger partial charge >= 0.3 is 0 Å². The van der Waals surface area contributed by atoms with Crippen LogP contribution >= 0.6 is 11.3 Å². The van der Waals surface area contributed by atoms with Crippen LogP contribution in [-0.2, 0) is 34.6 Å². The van der Waals surface area contributed by atoms with Gasteiger partial charge in [0.05, 0.1) is 6.61 Å². The fraction of sp³-hybridized carbons (Fsp3) is 0.576. The number of fused-ring (bicyclic) bond motifs is 1. The number of ether oxygens (including phenoxy) is 1. The Morgan fingerprint density at radius 3 is 1.96 bits per heavy atom. The van der Waals surface area contributed by atoms with Crippen LogP contribution in [0.25, 0.3) is 10.1 Å². The third kappa shape index (κ3) is 9.98. The molecule has 1 aliphatic rings. The van der Waals surface area contributed by atoms with E-state index in [0.717, 1.165) is 15.0 Å². The molecule has 3 aromatic rings. The van der Waals surface area contributed by atoms with E-state index in [0.29, 0.717) is 17.5 Å². The van der Waals surface area contributed by atoms with Crippen molar-refractivity contribution >= 4 is 54.7 Å². The van der Waals surface area contributed by atoms with E-state index in [4.69, 9.17) is 22.4 Å². The van der Waals surface area contributed by atoms with Crippen LogP contribution in [-0.4, -0.2) is 69.4 Å². The minimum Gasteiger partial charge on any atom is -0.415 e. The molecule has 250 valence electrons. The summed E-state index contributed by atoms with van der Waals surface area (Å²) in [4.78, 5) is 1.05. The molecule has 2 aromatic carbocycles. The van der Waals surface area contributed by atoms with Gasteiger partial charge in [0.15, 0.2) is 33.3 Å². The average molecular weight is 709 g/mol. The highest BCUT2D eigenvalue weighted by Crippen LogP contribution is 2.44. The van der Waals surface area contributed by atoms with E-state index in [-0.39, 0.29) is 12.4 Å². The zero-order chi connectivity index (χ0) is 33.6. The quantitative estimate of drug-likeness (QED) is 0.190. The van der Waals surface area contributed by atoms with E-state index >= 15 is 4.39 Å². The molecule has 5 atom stereocenters. The fourth-order valence-electron chi connectivity index (χ4n) is 5.53. The molecule has 0 saturated carbocycles. The van der Waals surface area contributed by atoms with E-state index in [1.54, 1.807) is 23.5 Å². The normalized spacial score (nSPS) is 25.2. The number of aliphatic hydroxyl groups is 1. The molecule has 12 heteroatoms. The Balaban J connectivity index is 1.85. The first-order valence-corrected chi connectivity index (χ1v) is 30.3. The molecule has 1 aromatic heterocycles. The summed E-state index contributed by atoms with van der Waals surface area (Å²) in [5.41, 5.74) is 0.928. The van der Waals surface area contributed by atoms with Gasteiger partial charge in [0.25, 0.3) is 0 Å². The Morgan fingerprint density at radius 2 is 1.38 bits per heavy atom. The lowest BCUT2D eigenvalue weighted by atomic mass is 9.87. The SMILES string of the molecule is C[Si](C)(C)OC[C@H]1OC(O)(c2ccc(F)c(Cc3cc4ccccc4s3)c2)[C@H](O[Si](C)(C)C)[C@@H](O[Si](C)(C)C)[C@@H]1O[Si](C)(C)C. The molecular formula is C33H53FO6SSi4. The number of benzene rings is 2. The minimum atomic E-state index is -2.29. The van der Waals surface area contributed by atoms with Crippen molar-refractivity contribution in [3.05, 3.63) is 70.4 Å². The molecule has 1 saturated heterocycles. The number of hydrogen-bond acceptors (Lipinski definition) is 7. The van der Waals surface area contributed by atoms with Crippen LogP contribution in [0.15, 0.2) is 48.5 Å². The van der Waals surface area contributed by atoms with Gasteiger partial charge in [-0.05, 0) is 114 Å². The van der Waals surface area contributed by atoms with E-state index in [2.05, 4.69) is 96.8 Å². The Morgan fingerprint density at radius 1 is 0.778 bits per heavy atom. The van der Waals surface area contributed by atoms with Gasteiger partial charge in [-0.2, -0.15) is 0 Å². The third-order valence-corrected chi connectivity index (χ3v) is 12.2. The van der Waals surface area contributed by atoms with E-state index < -0.39 is 63.5 Å². The minimum absolute atomic E-state index is 0.244. The van der Waals surface area contributed by atoms with Gasteiger partial charge < -0.3 is 27.5 Å². The largest absolute Gasteiger partial charge is 0.415 e. The summed E-state index contributed by atoms with van der Waals surface area (Å²) in [5.74, 6) is -2.26. The Hall–Kier alpha value is -1.04. The van der Waals surface area contributed by atoms with Crippen LogP contribution in [0.3, 0.4) is 0 Å². The summed E-state index contributed by atoms with van der Waals surface area (Å²) in [5, 5.41) is 14.0. The zero-order valence-corrected chi connectivity index (χ0v) is 33.9. The van der Waals surface area contributed by atoms with Crippen molar-refractivity contribution in [2.75, 3.05) is 6.61 Å². The molecule has 1 aliphatic heterocycles. The maximum absolute atomic E-state index is 15.5. The predicted octanol–water partition coefficient (Wildman–Crippen LogP) is 8.69. The molecule has 6 nitrogen and oxygen atoms in total. The highest BCUT2D eigenvalue weighted by Gasteiger charge is 2.59. The molecule has 0 aliphatic carbocycles. The van der Waals surface area contributed by atoms with Gasteiger partial charge in [-0.15, -0.1) is 11.3 Å². The van der Waals surface area contributed by atoms with Gasteiger partial charge in [0.2, 0.25) is 5.79 Å². The van der Waals surface area contributed by atoms with Crippen molar-refractivity contribution in [1.29, 1.82) is 0 Å². The second-order valence-electron chi connectivity index (χ2n) is 16.1. The van der Waals surface area contributed by atoms with E-state index in [9.17, 15) is 5.11 Å². The maximum atomic E-state index is 15.5. The van der Waals surface area contributed by atoms with Crippen LogP contribution in [0.1, 0.15) is 16.0 Å². The average Bonchev–Trinajstić information content (AvgIpc) is 3.28. The Kier molecular flexibility index (Phi) is 11.0. The molecule has 2 heterocycles. The summed E-state index contributed by atoms with van der Waals surface area (Å²) >= 11 is 1.65. The zero-order valence-electron chi connectivity index (χ0n) is 29.1. The first-order chi connectivity index (χ1) is 20.5. The van der Waals surface area contributed by atoms with Crippen LogP contribution < -0.4 is 0 Å². The van der Waals surface area contributed by atoms with Gasteiger partial charge in [-0.1, -0.05) is 24.3 Å². The molecule has 0 radical (unpaired) electrons. The highest BCUT2D eigenvalue weighted by atomic mass is 32.1. The smallest absolute Gasteiger partial charge is 0.221 e. The Labute approximate surface area is 277 Å². The number of thiophene rings is 1. The summed E-state index contributed by atoms with van der Waals surface area (Å²) in [6.45, 7) is 25.7. The van der Waals surface area contributed by atoms with Gasteiger partial charge in [-0.3, -0.25) is 0 Å². The predicted molar refractivity (Wildman–Crippen MR) is 194 cm³/mol. The molecule has 1 fully saturated rings. The van der Waals surface area contributed by atoms with E-state index in [1.165, 1.54) is 6.07 Å². The lowest BCUT2D eigenvalue weighted by Crippen LogP contribution is -2.69. The van der Waals surface area contributed by atoms with Crippen molar-refractivity contribution in [2.24, 2.45) is 0 Å². The molecule has 0 amide bonds. The maximum Gasteiger partial charge on any atom is 0.221 e. The second-order valence-corrected chi connectivity index (χ2v) is 35.1. The lowest BCUT2D eigenvalue weighted by molar-refractivity contribution is -0.348. The lowest BCUT2D eigenvalue weighted by Gasteiger charge is -2.54. The Bertz CT molecular complexity index is 1430. The third-order valence-electron chi connectivity index (χ3n) is 7.15. The summed E-state index contributed by atoms with van der Waals surface area (Å²) < 4.78 is 50.4. The van der Waals surface area contributed by atoms with Crippen LogP contribution in [0.4, 0.5) is 4.39 Å². The first-order valence-electron chi connectivity index (χ1n) is 15.9. The first kappa shape index (κ1) is 36.8. The number of halogens is 1. The molecule has 0 spiro atoms. The number of hydrogen-bond donors (Lipinski definition) is 1. The van der Waals surface area contributed by atoms with E-state index in [1.807, 2.05) is 12.1 Å². The van der Waals surface area contributed by atoms with Gasteiger partial charge in [0, 0.05) is 21.6 Å². The number of rotatable bonds is 12. The highest BCUT2D eigenvalue weighted by molar-refractivity contribution is 7.19.